The highest BCUT2D eigenvalue weighted by Gasteiger charge is 2.12. The summed E-state index contributed by atoms with van der Waals surface area (Å²) in [5.41, 5.74) is 1.46. The third kappa shape index (κ3) is 3.74. The Morgan fingerprint density at radius 1 is 1.30 bits per heavy atom. The second-order valence-electron chi connectivity index (χ2n) is 4.19. The molecular weight excluding hydrogens is 454 g/mol. The lowest BCUT2D eigenvalue weighted by atomic mass is 10.0. The molecular formula is C15H11BrClIO2. The van der Waals surface area contributed by atoms with Crippen LogP contribution in [-0.2, 0) is 6.42 Å². The zero-order valence-electron chi connectivity index (χ0n) is 10.6. The van der Waals surface area contributed by atoms with Gasteiger partial charge in [0.2, 0.25) is 0 Å². The molecule has 0 atom stereocenters. The molecule has 104 valence electrons. The molecule has 0 spiro atoms. The van der Waals surface area contributed by atoms with Crippen molar-refractivity contribution in [1.82, 2.24) is 0 Å². The van der Waals surface area contributed by atoms with E-state index in [0.29, 0.717) is 16.3 Å². The minimum Gasteiger partial charge on any atom is -0.496 e. The van der Waals surface area contributed by atoms with Gasteiger partial charge in [-0.3, -0.25) is 4.79 Å². The quantitative estimate of drug-likeness (QED) is 0.462. The fourth-order valence-corrected chi connectivity index (χ4v) is 2.75. The highest BCUT2D eigenvalue weighted by atomic mass is 127. The van der Waals surface area contributed by atoms with E-state index in [4.69, 9.17) is 16.3 Å². The van der Waals surface area contributed by atoms with E-state index < -0.39 is 0 Å². The first-order valence-corrected chi connectivity index (χ1v) is 8.07. The normalized spacial score (nSPS) is 10.4. The number of methoxy groups -OCH3 is 1. The van der Waals surface area contributed by atoms with E-state index >= 15 is 0 Å². The summed E-state index contributed by atoms with van der Waals surface area (Å²) in [6, 6.07) is 11.0. The molecule has 20 heavy (non-hydrogen) atoms. The molecule has 2 aromatic rings. The van der Waals surface area contributed by atoms with Gasteiger partial charge in [0.25, 0.3) is 0 Å². The van der Waals surface area contributed by atoms with Gasteiger partial charge in [-0.1, -0.05) is 33.6 Å². The van der Waals surface area contributed by atoms with E-state index in [0.717, 1.165) is 13.6 Å². The Morgan fingerprint density at radius 3 is 2.70 bits per heavy atom. The molecule has 0 amide bonds. The lowest BCUT2D eigenvalue weighted by molar-refractivity contribution is 0.0992. The summed E-state index contributed by atoms with van der Waals surface area (Å²) in [6.07, 6.45) is 0.277. The van der Waals surface area contributed by atoms with E-state index in [1.807, 2.05) is 24.3 Å². The van der Waals surface area contributed by atoms with Crippen LogP contribution in [0.3, 0.4) is 0 Å². The molecule has 0 aromatic heterocycles. The highest BCUT2D eigenvalue weighted by molar-refractivity contribution is 14.1. The summed E-state index contributed by atoms with van der Waals surface area (Å²) in [6.45, 7) is 0. The summed E-state index contributed by atoms with van der Waals surface area (Å²) in [5, 5.41) is 0.595. The van der Waals surface area contributed by atoms with Gasteiger partial charge in [-0.05, 0) is 52.9 Å². The number of halogens is 3. The van der Waals surface area contributed by atoms with Crippen LogP contribution in [0.5, 0.6) is 5.75 Å². The number of Topliss-reactive ketones (excluding diaryl/α,β-unsaturated/α-hetero) is 1. The molecule has 5 heteroatoms. The van der Waals surface area contributed by atoms with Crippen LogP contribution in [0.2, 0.25) is 5.02 Å². The third-order valence-corrected chi connectivity index (χ3v) is 4.90. The number of rotatable bonds is 4. The molecule has 0 N–H and O–H groups in total. The van der Waals surface area contributed by atoms with Crippen molar-refractivity contribution in [2.75, 3.05) is 7.11 Å². The molecule has 0 aliphatic heterocycles. The molecule has 2 rings (SSSR count). The molecule has 2 aromatic carbocycles. The first kappa shape index (κ1) is 15.8. The van der Waals surface area contributed by atoms with Gasteiger partial charge in [0.1, 0.15) is 5.75 Å². The van der Waals surface area contributed by atoms with Crippen LogP contribution < -0.4 is 4.74 Å². The Balaban J connectivity index is 2.27. The van der Waals surface area contributed by atoms with Crippen LogP contribution >= 0.6 is 50.1 Å². The van der Waals surface area contributed by atoms with E-state index in [9.17, 15) is 4.79 Å². The van der Waals surface area contributed by atoms with Crippen molar-refractivity contribution in [2.45, 2.75) is 6.42 Å². The first-order valence-electron chi connectivity index (χ1n) is 5.82. The van der Waals surface area contributed by atoms with Crippen molar-refractivity contribution in [3.63, 3.8) is 0 Å². The summed E-state index contributed by atoms with van der Waals surface area (Å²) >= 11 is 11.6. The standard InChI is InChI=1S/C15H11BrClIO2/c1-20-15-5-3-11(16)6-10(15)8-14(19)9-2-4-13(18)12(17)7-9/h2-7H,8H2,1H3. The number of carbonyl (C=O) groups excluding carboxylic acids is 1. The average molecular weight is 466 g/mol. The maximum Gasteiger partial charge on any atom is 0.167 e. The van der Waals surface area contributed by atoms with Gasteiger partial charge in [-0.2, -0.15) is 0 Å². The van der Waals surface area contributed by atoms with E-state index in [2.05, 4.69) is 38.5 Å². The number of hydrogen-bond acceptors (Lipinski definition) is 2. The zero-order valence-corrected chi connectivity index (χ0v) is 15.1. The molecule has 0 unspecified atom stereocenters. The molecule has 0 fully saturated rings. The van der Waals surface area contributed by atoms with Gasteiger partial charge in [0.05, 0.1) is 12.1 Å². The topological polar surface area (TPSA) is 26.3 Å². The van der Waals surface area contributed by atoms with Crippen LogP contribution in [-0.4, -0.2) is 12.9 Å². The molecule has 0 heterocycles. The van der Waals surface area contributed by atoms with Crippen molar-refractivity contribution >= 4 is 55.9 Å². The van der Waals surface area contributed by atoms with Gasteiger partial charge in [0.15, 0.2) is 5.78 Å². The molecule has 0 radical (unpaired) electrons. The molecule has 0 saturated heterocycles. The molecule has 2 nitrogen and oxygen atoms in total. The van der Waals surface area contributed by atoms with Crippen molar-refractivity contribution in [2.24, 2.45) is 0 Å². The van der Waals surface area contributed by atoms with Gasteiger partial charge in [0, 0.05) is 25.6 Å². The summed E-state index contributed by atoms with van der Waals surface area (Å²) in [5.74, 6) is 0.720. The average Bonchev–Trinajstić information content (AvgIpc) is 2.42. The minimum atomic E-state index is 0.0136. The summed E-state index contributed by atoms with van der Waals surface area (Å²) < 4.78 is 7.13. The molecule has 0 aliphatic carbocycles. The Labute approximate surface area is 144 Å². The second kappa shape index (κ2) is 6.91. The SMILES string of the molecule is COc1ccc(Br)cc1CC(=O)c1ccc(I)c(Cl)c1. The Hall–Kier alpha value is -0.590. The highest BCUT2D eigenvalue weighted by Crippen LogP contribution is 2.25. The lowest BCUT2D eigenvalue weighted by Crippen LogP contribution is -2.05. The van der Waals surface area contributed by atoms with E-state index in [-0.39, 0.29) is 12.2 Å². The largest absolute Gasteiger partial charge is 0.496 e. The smallest absolute Gasteiger partial charge is 0.167 e. The maximum atomic E-state index is 12.3. The predicted octanol–water partition coefficient (Wildman–Crippen LogP) is 5.14. The zero-order chi connectivity index (χ0) is 14.7. The maximum absolute atomic E-state index is 12.3. The monoisotopic (exact) mass is 464 g/mol. The van der Waals surface area contributed by atoms with Crippen LogP contribution in [0.15, 0.2) is 40.9 Å². The predicted molar refractivity (Wildman–Crippen MR) is 92.9 cm³/mol. The van der Waals surface area contributed by atoms with Crippen LogP contribution in [0, 0.1) is 3.57 Å². The Morgan fingerprint density at radius 2 is 2.05 bits per heavy atom. The number of carbonyl (C=O) groups is 1. The summed E-state index contributed by atoms with van der Waals surface area (Å²) in [7, 11) is 1.60. The van der Waals surface area contributed by atoms with Crippen molar-refractivity contribution < 1.29 is 9.53 Å². The second-order valence-corrected chi connectivity index (χ2v) is 6.67. The van der Waals surface area contributed by atoms with Gasteiger partial charge < -0.3 is 4.74 Å². The van der Waals surface area contributed by atoms with Crippen molar-refractivity contribution in [3.05, 3.63) is 60.6 Å². The van der Waals surface area contributed by atoms with Crippen LogP contribution in [0.1, 0.15) is 15.9 Å². The van der Waals surface area contributed by atoms with Gasteiger partial charge in [-0.15, -0.1) is 0 Å². The number of ether oxygens (including phenoxy) is 1. The molecule has 0 bridgehead atoms. The Kier molecular flexibility index (Phi) is 5.46. The van der Waals surface area contributed by atoms with Gasteiger partial charge >= 0.3 is 0 Å². The van der Waals surface area contributed by atoms with Gasteiger partial charge in [-0.25, -0.2) is 0 Å². The van der Waals surface area contributed by atoms with E-state index in [1.165, 1.54) is 0 Å². The van der Waals surface area contributed by atoms with Crippen LogP contribution in [0.25, 0.3) is 0 Å². The molecule has 0 saturated carbocycles. The molecule has 0 aliphatic rings. The minimum absolute atomic E-state index is 0.0136. The third-order valence-electron chi connectivity index (χ3n) is 2.84. The Bertz CT molecular complexity index is 658. The fourth-order valence-electron chi connectivity index (χ4n) is 1.83. The number of hydrogen-bond donors (Lipinski definition) is 0. The van der Waals surface area contributed by atoms with Crippen molar-refractivity contribution in [3.8, 4) is 5.75 Å². The summed E-state index contributed by atoms with van der Waals surface area (Å²) in [4.78, 5) is 12.3. The van der Waals surface area contributed by atoms with Crippen molar-refractivity contribution in [1.29, 1.82) is 0 Å². The lowest BCUT2D eigenvalue weighted by Gasteiger charge is -2.09. The number of ketones is 1. The van der Waals surface area contributed by atoms with Crippen LogP contribution in [0.4, 0.5) is 0 Å². The fraction of sp³-hybridized carbons (Fsp3) is 0.133. The first-order chi connectivity index (χ1) is 9.51. The number of benzene rings is 2. The van der Waals surface area contributed by atoms with E-state index in [1.54, 1.807) is 19.2 Å².